The molecule has 2 aliphatic heterocycles. The van der Waals surface area contributed by atoms with Crippen molar-refractivity contribution in [2.24, 2.45) is 0 Å². The van der Waals surface area contributed by atoms with Crippen LogP contribution in [-0.2, 0) is 10.8 Å². The molecule has 234 valence electrons. The van der Waals surface area contributed by atoms with Gasteiger partial charge in [0.2, 0.25) is 5.69 Å². The van der Waals surface area contributed by atoms with Crippen LogP contribution >= 0.6 is 11.8 Å². The number of carboxylic acids is 2. The topological polar surface area (TPSA) is 83.7 Å². The van der Waals surface area contributed by atoms with Gasteiger partial charge in [0.1, 0.15) is 7.05 Å². The average molecular weight is 631 g/mol. The van der Waals surface area contributed by atoms with Crippen molar-refractivity contribution in [1.82, 2.24) is 0 Å². The number of carbonyl (C=O) groups is 2. The average Bonchev–Trinajstić information content (AvgIpc) is 3.56. The normalized spacial score (nSPS) is 19.9. The van der Waals surface area contributed by atoms with E-state index in [0.717, 1.165) is 46.8 Å². The van der Waals surface area contributed by atoms with Gasteiger partial charge in [-0.1, -0.05) is 56.0 Å². The molecule has 1 N–H and O–H groups in total. The van der Waals surface area contributed by atoms with Gasteiger partial charge in [-0.05, 0) is 97.5 Å². The Labute approximate surface area is 274 Å². The highest BCUT2D eigenvalue weighted by atomic mass is 32.2. The molecule has 3 aromatic carbocycles. The Morgan fingerprint density at radius 2 is 1.59 bits per heavy atom. The fourth-order valence-electron chi connectivity index (χ4n) is 7.05. The quantitative estimate of drug-likeness (QED) is 0.274. The van der Waals surface area contributed by atoms with Gasteiger partial charge in [-0.2, -0.15) is 4.58 Å². The zero-order chi connectivity index (χ0) is 33.0. The lowest BCUT2D eigenvalue weighted by atomic mass is 9.80. The monoisotopic (exact) mass is 630 g/mol. The van der Waals surface area contributed by atoms with Crippen molar-refractivity contribution in [2.75, 3.05) is 19.0 Å². The molecule has 6 nitrogen and oxygen atoms in total. The molecule has 0 spiro atoms. The van der Waals surface area contributed by atoms with Crippen molar-refractivity contribution in [3.63, 3.8) is 0 Å². The van der Waals surface area contributed by atoms with Gasteiger partial charge in [-0.15, -0.1) is 0 Å². The summed E-state index contributed by atoms with van der Waals surface area (Å²) in [6.07, 6.45) is 10.7. The summed E-state index contributed by atoms with van der Waals surface area (Å²) in [5, 5.41) is 21.2. The SMILES string of the molecule is CN1C(=CC=C2CCC(C=CC3=[N+](C)c4ccc(C(=O)[O-])cc4C3(C)C)=C2Sc2ccccc2)C(C)(C)c2cc(C(=O)O)ccc21. The summed E-state index contributed by atoms with van der Waals surface area (Å²) in [6.45, 7) is 8.56. The summed E-state index contributed by atoms with van der Waals surface area (Å²) in [6, 6.07) is 21.0. The van der Waals surface area contributed by atoms with E-state index in [1.165, 1.54) is 20.9 Å². The molecule has 0 saturated heterocycles. The molecule has 0 saturated carbocycles. The predicted molar refractivity (Wildman–Crippen MR) is 183 cm³/mol. The van der Waals surface area contributed by atoms with Gasteiger partial charge in [0.05, 0.1) is 16.9 Å². The fourth-order valence-corrected chi connectivity index (χ4v) is 8.18. The first-order valence-corrected chi connectivity index (χ1v) is 16.3. The van der Waals surface area contributed by atoms with Gasteiger partial charge >= 0.3 is 5.97 Å². The van der Waals surface area contributed by atoms with Crippen molar-refractivity contribution in [3.8, 4) is 0 Å². The summed E-state index contributed by atoms with van der Waals surface area (Å²) in [5.41, 5.74) is 8.50. The van der Waals surface area contributed by atoms with Crippen molar-refractivity contribution in [1.29, 1.82) is 0 Å². The Balaban J connectivity index is 1.38. The van der Waals surface area contributed by atoms with Crippen LogP contribution in [0.5, 0.6) is 0 Å². The molecule has 0 bridgehead atoms. The highest BCUT2D eigenvalue weighted by Crippen LogP contribution is 2.48. The first kappa shape index (κ1) is 31.4. The van der Waals surface area contributed by atoms with Gasteiger partial charge in [0.15, 0.2) is 5.71 Å². The van der Waals surface area contributed by atoms with E-state index >= 15 is 0 Å². The first-order chi connectivity index (χ1) is 21.8. The van der Waals surface area contributed by atoms with Gasteiger partial charge in [0.25, 0.3) is 0 Å². The van der Waals surface area contributed by atoms with Crippen LogP contribution in [0.2, 0.25) is 0 Å². The van der Waals surface area contributed by atoms with Crippen molar-refractivity contribution >= 4 is 40.8 Å². The van der Waals surface area contributed by atoms with Crippen LogP contribution in [0.15, 0.2) is 118 Å². The number of fused-ring (bicyclic) bond motifs is 2. The number of carbonyl (C=O) groups excluding carboxylic acids is 1. The van der Waals surface area contributed by atoms with Gasteiger partial charge in [-0.3, -0.25) is 0 Å². The first-order valence-electron chi connectivity index (χ1n) is 15.4. The lowest BCUT2D eigenvalue weighted by molar-refractivity contribution is -0.401. The molecule has 7 heteroatoms. The third-order valence-corrected chi connectivity index (χ3v) is 10.9. The molecule has 0 radical (unpaired) electrons. The summed E-state index contributed by atoms with van der Waals surface area (Å²) >= 11 is 1.78. The molecule has 3 aliphatic rings. The summed E-state index contributed by atoms with van der Waals surface area (Å²) in [7, 11) is 4.07. The molecule has 0 aromatic heterocycles. The summed E-state index contributed by atoms with van der Waals surface area (Å²) < 4.78 is 2.15. The van der Waals surface area contributed by atoms with Crippen LogP contribution in [-0.4, -0.2) is 41.4 Å². The van der Waals surface area contributed by atoms with Crippen molar-refractivity contribution in [3.05, 3.63) is 135 Å². The Hall–Kier alpha value is -4.62. The van der Waals surface area contributed by atoms with Crippen LogP contribution in [0, 0.1) is 0 Å². The van der Waals surface area contributed by atoms with Crippen LogP contribution in [0.3, 0.4) is 0 Å². The van der Waals surface area contributed by atoms with E-state index < -0.39 is 11.9 Å². The molecular weight excluding hydrogens is 593 g/mol. The summed E-state index contributed by atoms with van der Waals surface area (Å²) in [4.78, 5) is 27.9. The molecule has 46 heavy (non-hydrogen) atoms. The smallest absolute Gasteiger partial charge is 0.335 e. The van der Waals surface area contributed by atoms with Crippen LogP contribution in [0.4, 0.5) is 11.4 Å². The van der Waals surface area contributed by atoms with E-state index in [1.54, 1.807) is 36.0 Å². The van der Waals surface area contributed by atoms with Crippen LogP contribution in [0.1, 0.15) is 72.4 Å². The van der Waals surface area contributed by atoms with E-state index in [9.17, 15) is 19.8 Å². The minimum atomic E-state index is -1.17. The van der Waals surface area contributed by atoms with E-state index in [2.05, 4.69) is 85.7 Å². The molecule has 6 rings (SSSR count). The standard InChI is InChI=1S/C39H38N2O4S/c1-38(2)29-22-26(36(42)43)14-18-31(29)40(5)33(38)20-16-24-12-13-25(35(24)46-28-10-8-7-9-11-28)17-21-34-39(3,4)30-23-27(37(44)45)15-19-32(30)41(34)6/h7-11,14-23H,12-13H2,1-6H3,(H-,42,43,44,45). The highest BCUT2D eigenvalue weighted by molar-refractivity contribution is 8.03. The van der Waals surface area contributed by atoms with Gasteiger partial charge in [-0.25, -0.2) is 4.79 Å². The lowest BCUT2D eigenvalue weighted by Crippen LogP contribution is -2.27. The van der Waals surface area contributed by atoms with E-state index in [4.69, 9.17) is 0 Å². The number of benzene rings is 3. The second-order valence-electron chi connectivity index (χ2n) is 13.2. The molecule has 0 amide bonds. The number of nitrogens with zero attached hydrogens (tertiary/aromatic N) is 2. The predicted octanol–water partition coefficient (Wildman–Crippen LogP) is 7.39. The molecule has 2 heterocycles. The number of anilines is 1. The van der Waals surface area contributed by atoms with Gasteiger partial charge < -0.3 is 19.9 Å². The van der Waals surface area contributed by atoms with Crippen molar-refractivity contribution < 1.29 is 24.4 Å². The van der Waals surface area contributed by atoms with Gasteiger partial charge in [0, 0.05) is 51.4 Å². The minimum Gasteiger partial charge on any atom is -0.545 e. The Morgan fingerprint density at radius 3 is 2.28 bits per heavy atom. The largest absolute Gasteiger partial charge is 0.545 e. The van der Waals surface area contributed by atoms with E-state index in [0.29, 0.717) is 5.56 Å². The number of thioether (sulfide) groups is 1. The van der Waals surface area contributed by atoms with E-state index in [-0.39, 0.29) is 16.4 Å². The Kier molecular flexibility index (Phi) is 7.93. The molecule has 3 aromatic rings. The lowest BCUT2D eigenvalue weighted by Gasteiger charge is -2.24. The molecule has 0 fully saturated rings. The minimum absolute atomic E-state index is 0.191. The molecular formula is C39H38N2O4S. The summed E-state index contributed by atoms with van der Waals surface area (Å²) in [5.74, 6) is -2.09. The van der Waals surface area contributed by atoms with Crippen LogP contribution in [0.25, 0.3) is 0 Å². The molecule has 1 aliphatic carbocycles. The fraction of sp³-hybridized carbons (Fsp3) is 0.256. The maximum atomic E-state index is 11.7. The Bertz CT molecular complexity index is 1940. The number of hydrogen-bond donors (Lipinski definition) is 1. The van der Waals surface area contributed by atoms with Crippen LogP contribution < -0.4 is 10.0 Å². The van der Waals surface area contributed by atoms with E-state index in [1.807, 2.05) is 32.3 Å². The maximum absolute atomic E-state index is 11.7. The number of aromatic carboxylic acids is 2. The zero-order valence-electron chi connectivity index (χ0n) is 27.0. The number of rotatable bonds is 7. The highest BCUT2D eigenvalue weighted by Gasteiger charge is 2.43. The van der Waals surface area contributed by atoms with Crippen molar-refractivity contribution in [2.45, 2.75) is 56.3 Å². The maximum Gasteiger partial charge on any atom is 0.335 e. The number of allylic oxidation sites excluding steroid dienone is 7. The Morgan fingerprint density at radius 1 is 0.891 bits per heavy atom. The third kappa shape index (κ3) is 5.32. The molecule has 0 atom stereocenters. The second-order valence-corrected chi connectivity index (χ2v) is 14.2. The number of hydrogen-bond acceptors (Lipinski definition) is 5. The number of likely N-dealkylation sites (N-methyl/N-ethyl adjacent to an activating group) is 1. The third-order valence-electron chi connectivity index (χ3n) is 9.64. The number of carboxylic acid groups (broad SMARTS) is 2. The molecule has 0 unspecified atom stereocenters. The second kappa shape index (κ2) is 11.6. The zero-order valence-corrected chi connectivity index (χ0v) is 27.9.